The first kappa shape index (κ1) is 18.2. The first-order valence-electron chi connectivity index (χ1n) is 8.36. The third-order valence-corrected chi connectivity index (χ3v) is 9.64. The van der Waals surface area contributed by atoms with Crippen LogP contribution in [0.25, 0.3) is 10.2 Å². The molecule has 1 aliphatic carbocycles. The van der Waals surface area contributed by atoms with Crippen LogP contribution >= 0.6 is 23.3 Å². The van der Waals surface area contributed by atoms with Crippen molar-refractivity contribution in [1.82, 2.24) is 8.69 Å². The summed E-state index contributed by atoms with van der Waals surface area (Å²) in [5.74, 6) is 0. The van der Waals surface area contributed by atoms with Crippen LogP contribution in [0.2, 0.25) is 0 Å². The normalized spacial score (nSPS) is 17.7. The summed E-state index contributed by atoms with van der Waals surface area (Å²) in [7, 11) is -3.62. The highest BCUT2D eigenvalue weighted by molar-refractivity contribution is 8.09. The fourth-order valence-electron chi connectivity index (χ4n) is 2.91. The first-order valence-corrected chi connectivity index (χ1v) is 11.5. The van der Waals surface area contributed by atoms with Crippen molar-refractivity contribution < 1.29 is 8.42 Å². The van der Waals surface area contributed by atoms with E-state index >= 15 is 0 Å². The highest BCUT2D eigenvalue weighted by Gasteiger charge is 2.39. The Balaban J connectivity index is 1.95. The second-order valence-electron chi connectivity index (χ2n) is 7.22. The molecule has 4 nitrogen and oxygen atoms in total. The second-order valence-corrected chi connectivity index (χ2v) is 11.7. The molecule has 1 saturated carbocycles. The van der Waals surface area contributed by atoms with Gasteiger partial charge in [0.2, 0.25) is 4.34 Å². The maximum absolute atomic E-state index is 13.3. The minimum absolute atomic E-state index is 0.196. The molecule has 1 aromatic heterocycles. The molecule has 0 amide bonds. The number of sulfonamides is 1. The third-order valence-electron chi connectivity index (χ3n) is 4.06. The predicted octanol–water partition coefficient (Wildman–Crippen LogP) is 5.07. The van der Waals surface area contributed by atoms with E-state index in [9.17, 15) is 8.42 Å². The summed E-state index contributed by atoms with van der Waals surface area (Å²) in [5, 5.41) is 0.377. The molecule has 0 unspecified atom stereocenters. The van der Waals surface area contributed by atoms with Crippen molar-refractivity contribution in [3.05, 3.63) is 24.3 Å². The Morgan fingerprint density at radius 3 is 2.46 bits per heavy atom. The van der Waals surface area contributed by atoms with Gasteiger partial charge in [-0.25, -0.2) is 13.4 Å². The maximum atomic E-state index is 13.3. The standard InChI is InChI=1S/C17H24N2O2S3/c1-17(2,3)19(23-13-9-5-4-6-10-13)24(20,21)16-18-14-11-7-8-12-15(14)22-16/h7-8,11-13H,4-6,9-10H2,1-3H3. The second kappa shape index (κ2) is 6.94. The lowest BCUT2D eigenvalue weighted by molar-refractivity contribution is 0.373. The SMILES string of the molecule is CC(C)(C)N(SC1CCCCC1)S(=O)(=O)c1nc2ccccc2s1. The fraction of sp³-hybridized carbons (Fsp3) is 0.588. The number of para-hydroxylation sites is 1. The molecule has 0 radical (unpaired) electrons. The van der Waals surface area contributed by atoms with Gasteiger partial charge in [0.1, 0.15) is 0 Å². The zero-order valence-electron chi connectivity index (χ0n) is 14.4. The number of fused-ring (bicyclic) bond motifs is 1. The molecule has 0 N–H and O–H groups in total. The van der Waals surface area contributed by atoms with E-state index < -0.39 is 15.6 Å². The highest BCUT2D eigenvalue weighted by atomic mass is 32.3. The molecule has 7 heteroatoms. The Bertz CT molecular complexity index is 770. The molecular weight excluding hydrogens is 360 g/mol. The lowest BCUT2D eigenvalue weighted by Gasteiger charge is -2.35. The Hall–Kier alpha value is -0.630. The minimum Gasteiger partial charge on any atom is -0.224 e. The van der Waals surface area contributed by atoms with Gasteiger partial charge in [-0.3, -0.25) is 0 Å². The molecule has 1 aliphatic rings. The zero-order valence-corrected chi connectivity index (χ0v) is 16.8. The van der Waals surface area contributed by atoms with Crippen molar-refractivity contribution in [2.24, 2.45) is 0 Å². The van der Waals surface area contributed by atoms with Gasteiger partial charge < -0.3 is 0 Å². The Labute approximate surface area is 152 Å². The molecule has 1 aromatic carbocycles. The Morgan fingerprint density at radius 1 is 1.17 bits per heavy atom. The summed E-state index contributed by atoms with van der Waals surface area (Å²) >= 11 is 2.75. The van der Waals surface area contributed by atoms with Gasteiger partial charge in [0.25, 0.3) is 10.0 Å². The molecular formula is C17H24N2O2S3. The first-order chi connectivity index (χ1) is 11.3. The van der Waals surface area contributed by atoms with Gasteiger partial charge in [-0.05, 0) is 45.7 Å². The van der Waals surface area contributed by atoms with Crippen LogP contribution in [0.15, 0.2) is 28.6 Å². The average molecular weight is 385 g/mol. The number of nitrogens with zero attached hydrogens (tertiary/aromatic N) is 2. The summed E-state index contributed by atoms with van der Waals surface area (Å²) in [4.78, 5) is 4.39. The van der Waals surface area contributed by atoms with Crippen LogP contribution in [-0.4, -0.2) is 27.9 Å². The van der Waals surface area contributed by atoms with Crippen molar-refractivity contribution in [1.29, 1.82) is 0 Å². The molecule has 1 fully saturated rings. The molecule has 0 atom stereocenters. The molecule has 1 heterocycles. The summed E-state index contributed by atoms with van der Waals surface area (Å²) in [6, 6.07) is 7.58. The summed E-state index contributed by atoms with van der Waals surface area (Å²) in [6.07, 6.45) is 5.82. The van der Waals surface area contributed by atoms with Crippen molar-refractivity contribution in [3.63, 3.8) is 0 Å². The number of rotatable bonds is 4. The molecule has 3 rings (SSSR count). The van der Waals surface area contributed by atoms with Gasteiger partial charge in [0.15, 0.2) is 0 Å². The van der Waals surface area contributed by atoms with E-state index in [1.54, 1.807) is 3.71 Å². The lowest BCUT2D eigenvalue weighted by Crippen LogP contribution is -2.42. The molecule has 24 heavy (non-hydrogen) atoms. The van der Waals surface area contributed by atoms with E-state index in [1.807, 2.05) is 45.0 Å². The lowest BCUT2D eigenvalue weighted by atomic mass is 10.0. The number of hydrogen-bond acceptors (Lipinski definition) is 5. The molecule has 0 aliphatic heterocycles. The highest BCUT2D eigenvalue weighted by Crippen LogP contribution is 2.40. The Morgan fingerprint density at radius 2 is 1.83 bits per heavy atom. The van der Waals surface area contributed by atoms with E-state index in [0.29, 0.717) is 5.25 Å². The van der Waals surface area contributed by atoms with Crippen LogP contribution in [0.5, 0.6) is 0 Å². The minimum atomic E-state index is -3.62. The van der Waals surface area contributed by atoms with E-state index in [1.165, 1.54) is 42.5 Å². The van der Waals surface area contributed by atoms with E-state index in [0.717, 1.165) is 23.1 Å². The maximum Gasteiger partial charge on any atom is 0.280 e. The van der Waals surface area contributed by atoms with Crippen LogP contribution in [0, 0.1) is 0 Å². The molecule has 0 spiro atoms. The zero-order chi connectivity index (χ0) is 17.4. The van der Waals surface area contributed by atoms with Gasteiger partial charge in [-0.1, -0.05) is 43.3 Å². The van der Waals surface area contributed by atoms with Gasteiger partial charge >= 0.3 is 0 Å². The van der Waals surface area contributed by atoms with E-state index in [-0.39, 0.29) is 4.34 Å². The van der Waals surface area contributed by atoms with Crippen LogP contribution in [0.4, 0.5) is 0 Å². The third kappa shape index (κ3) is 3.79. The smallest absolute Gasteiger partial charge is 0.224 e. The average Bonchev–Trinajstić information content (AvgIpc) is 2.97. The summed E-state index contributed by atoms with van der Waals surface area (Å²) in [5.41, 5.74) is 0.260. The van der Waals surface area contributed by atoms with Crippen molar-refractivity contribution in [2.45, 2.75) is 68.0 Å². The number of benzene rings is 1. The molecule has 0 bridgehead atoms. The number of aromatic nitrogens is 1. The monoisotopic (exact) mass is 384 g/mol. The van der Waals surface area contributed by atoms with Gasteiger partial charge in [-0.2, -0.15) is 0 Å². The van der Waals surface area contributed by atoms with Gasteiger partial charge in [0, 0.05) is 10.8 Å². The van der Waals surface area contributed by atoms with E-state index in [4.69, 9.17) is 0 Å². The van der Waals surface area contributed by atoms with E-state index in [2.05, 4.69) is 4.98 Å². The predicted molar refractivity (Wildman–Crippen MR) is 103 cm³/mol. The quantitative estimate of drug-likeness (QED) is 0.691. The fourth-order valence-corrected chi connectivity index (χ4v) is 7.90. The van der Waals surface area contributed by atoms with Crippen LogP contribution in [-0.2, 0) is 10.0 Å². The largest absolute Gasteiger partial charge is 0.280 e. The molecule has 132 valence electrons. The van der Waals surface area contributed by atoms with Crippen LogP contribution < -0.4 is 0 Å². The van der Waals surface area contributed by atoms with Crippen molar-refractivity contribution in [2.75, 3.05) is 0 Å². The number of thiazole rings is 1. The topological polar surface area (TPSA) is 50.3 Å². The van der Waals surface area contributed by atoms with Crippen molar-refractivity contribution in [3.8, 4) is 0 Å². The summed E-state index contributed by atoms with van der Waals surface area (Å²) < 4.78 is 29.2. The molecule has 2 aromatic rings. The van der Waals surface area contributed by atoms with Gasteiger partial charge in [-0.15, -0.1) is 15.0 Å². The number of hydrogen-bond donors (Lipinski definition) is 0. The molecule has 0 saturated heterocycles. The van der Waals surface area contributed by atoms with Gasteiger partial charge in [0.05, 0.1) is 10.2 Å². The van der Waals surface area contributed by atoms with Crippen molar-refractivity contribution >= 4 is 43.5 Å². The summed E-state index contributed by atoms with van der Waals surface area (Å²) in [6.45, 7) is 5.86. The Kier molecular flexibility index (Phi) is 5.25. The van der Waals surface area contributed by atoms with Crippen LogP contribution in [0.1, 0.15) is 52.9 Å². The van der Waals surface area contributed by atoms with Crippen LogP contribution in [0.3, 0.4) is 0 Å².